The van der Waals surface area contributed by atoms with Crippen LogP contribution < -0.4 is 10.3 Å². The summed E-state index contributed by atoms with van der Waals surface area (Å²) in [6.07, 6.45) is 1.60. The van der Waals surface area contributed by atoms with Crippen molar-refractivity contribution in [3.8, 4) is 0 Å². The van der Waals surface area contributed by atoms with Gasteiger partial charge >= 0.3 is 0 Å². The van der Waals surface area contributed by atoms with Crippen molar-refractivity contribution < 1.29 is 13.6 Å². The van der Waals surface area contributed by atoms with Crippen molar-refractivity contribution in [2.75, 3.05) is 4.90 Å². The van der Waals surface area contributed by atoms with E-state index in [-0.39, 0.29) is 22.6 Å². The maximum Gasteiger partial charge on any atom is 0.297 e. The summed E-state index contributed by atoms with van der Waals surface area (Å²) in [6, 6.07) is 15.6. The SMILES string of the molecule is O=C1c2oc3ccccc3c(=O)c2[C@@H](c2ccccn2)N1c1nc2ccc(F)cc2s1. The Kier molecular flexibility index (Phi) is 3.78. The molecule has 2 aromatic carbocycles. The highest BCUT2D eigenvalue weighted by Gasteiger charge is 2.45. The number of pyridine rings is 1. The molecule has 3 aromatic heterocycles. The molecule has 0 bridgehead atoms. The number of halogens is 1. The number of carbonyl (C=O) groups excluding carboxylic acids is 1. The maximum atomic E-state index is 13.7. The molecule has 1 aliphatic rings. The van der Waals surface area contributed by atoms with Crippen LogP contribution in [0.1, 0.15) is 27.9 Å². The van der Waals surface area contributed by atoms with Gasteiger partial charge in [0.15, 0.2) is 10.6 Å². The number of nitrogens with zero attached hydrogens (tertiary/aromatic N) is 3. The van der Waals surface area contributed by atoms with E-state index in [4.69, 9.17) is 4.42 Å². The summed E-state index contributed by atoms with van der Waals surface area (Å²) in [5, 5.41) is 0.735. The molecular weight excluding hydrogens is 417 g/mol. The first-order chi connectivity index (χ1) is 15.1. The molecule has 31 heavy (non-hydrogen) atoms. The van der Waals surface area contributed by atoms with E-state index in [1.807, 2.05) is 0 Å². The summed E-state index contributed by atoms with van der Waals surface area (Å²) in [4.78, 5) is 37.2. The van der Waals surface area contributed by atoms with Crippen LogP contribution in [0.25, 0.3) is 21.2 Å². The van der Waals surface area contributed by atoms with Crippen LogP contribution in [-0.2, 0) is 0 Å². The third-order valence-electron chi connectivity index (χ3n) is 5.29. The van der Waals surface area contributed by atoms with Gasteiger partial charge in [-0.2, -0.15) is 0 Å². The molecule has 0 saturated heterocycles. The molecule has 6 rings (SSSR count). The molecular formula is C23H12FN3O3S. The summed E-state index contributed by atoms with van der Waals surface area (Å²) in [5.41, 5.74) is 1.37. The van der Waals surface area contributed by atoms with E-state index < -0.39 is 11.9 Å². The number of para-hydroxylation sites is 1. The van der Waals surface area contributed by atoms with Gasteiger partial charge in [-0.15, -0.1) is 0 Å². The minimum absolute atomic E-state index is 0.0233. The summed E-state index contributed by atoms with van der Waals surface area (Å²) in [7, 11) is 0. The van der Waals surface area contributed by atoms with E-state index in [0.29, 0.717) is 32.0 Å². The zero-order valence-electron chi connectivity index (χ0n) is 15.8. The topological polar surface area (TPSA) is 76.3 Å². The standard InChI is InChI=1S/C23H12FN3O3S/c24-12-8-9-14-17(11-12)31-23(26-14)27-19(15-6-3-4-10-25-15)18-20(28)13-5-1-2-7-16(13)30-21(18)22(27)29/h1-11,19H/t19-/m1/s1. The monoisotopic (exact) mass is 429 g/mol. The zero-order valence-corrected chi connectivity index (χ0v) is 16.6. The van der Waals surface area contributed by atoms with Gasteiger partial charge in [-0.25, -0.2) is 9.37 Å². The lowest BCUT2D eigenvalue weighted by Gasteiger charge is -2.21. The van der Waals surface area contributed by atoms with Crippen LogP contribution in [-0.4, -0.2) is 15.9 Å². The Labute approximate surface area is 178 Å². The molecule has 0 unspecified atom stereocenters. The van der Waals surface area contributed by atoms with Gasteiger partial charge in [0.05, 0.1) is 26.9 Å². The Bertz CT molecular complexity index is 1560. The fourth-order valence-electron chi connectivity index (χ4n) is 3.92. The molecule has 0 fully saturated rings. The van der Waals surface area contributed by atoms with Crippen molar-refractivity contribution in [1.29, 1.82) is 0 Å². The number of thiazole rings is 1. The van der Waals surface area contributed by atoms with Gasteiger partial charge in [0.1, 0.15) is 17.4 Å². The molecule has 1 amide bonds. The van der Waals surface area contributed by atoms with Crippen LogP contribution in [0.4, 0.5) is 9.52 Å². The smallest absolute Gasteiger partial charge is 0.297 e. The van der Waals surface area contributed by atoms with Gasteiger partial charge < -0.3 is 4.42 Å². The van der Waals surface area contributed by atoms with Gasteiger partial charge in [-0.1, -0.05) is 29.5 Å². The first-order valence-corrected chi connectivity index (χ1v) is 10.3. The molecule has 0 radical (unpaired) electrons. The van der Waals surface area contributed by atoms with Crippen LogP contribution in [0.2, 0.25) is 0 Å². The highest BCUT2D eigenvalue weighted by molar-refractivity contribution is 7.22. The van der Waals surface area contributed by atoms with E-state index in [2.05, 4.69) is 9.97 Å². The van der Waals surface area contributed by atoms with Crippen molar-refractivity contribution >= 4 is 43.6 Å². The Morgan fingerprint density at radius 2 is 1.87 bits per heavy atom. The molecule has 150 valence electrons. The molecule has 0 aliphatic carbocycles. The molecule has 5 aromatic rings. The normalized spacial score (nSPS) is 15.7. The van der Waals surface area contributed by atoms with Crippen molar-refractivity contribution in [3.63, 3.8) is 0 Å². The Hall–Kier alpha value is -3.91. The van der Waals surface area contributed by atoms with Gasteiger partial charge in [0, 0.05) is 6.20 Å². The zero-order chi connectivity index (χ0) is 21.1. The number of hydrogen-bond acceptors (Lipinski definition) is 6. The van der Waals surface area contributed by atoms with Crippen molar-refractivity contribution in [2.45, 2.75) is 6.04 Å². The van der Waals surface area contributed by atoms with E-state index in [9.17, 15) is 14.0 Å². The number of rotatable bonds is 2. The van der Waals surface area contributed by atoms with Crippen LogP contribution in [0, 0.1) is 5.82 Å². The summed E-state index contributed by atoms with van der Waals surface area (Å²) in [5.74, 6) is -0.888. The van der Waals surface area contributed by atoms with Crippen LogP contribution in [0.3, 0.4) is 0 Å². The summed E-state index contributed by atoms with van der Waals surface area (Å²) < 4.78 is 20.2. The first-order valence-electron chi connectivity index (χ1n) is 9.48. The molecule has 8 heteroatoms. The Morgan fingerprint density at radius 3 is 2.71 bits per heavy atom. The lowest BCUT2D eigenvalue weighted by atomic mass is 10.0. The lowest BCUT2D eigenvalue weighted by molar-refractivity contribution is 0.0970. The fraction of sp³-hybridized carbons (Fsp3) is 0.0435. The molecule has 1 aliphatic heterocycles. The van der Waals surface area contributed by atoms with Crippen molar-refractivity contribution in [3.05, 3.63) is 99.9 Å². The third kappa shape index (κ3) is 2.62. The van der Waals surface area contributed by atoms with Crippen LogP contribution >= 0.6 is 11.3 Å². The van der Waals surface area contributed by atoms with E-state index >= 15 is 0 Å². The number of amides is 1. The second kappa shape index (κ2) is 6.55. The minimum atomic E-state index is -0.796. The molecule has 0 N–H and O–H groups in total. The molecule has 6 nitrogen and oxygen atoms in total. The van der Waals surface area contributed by atoms with Crippen molar-refractivity contribution in [2.24, 2.45) is 0 Å². The number of fused-ring (bicyclic) bond motifs is 3. The molecule has 0 spiro atoms. The molecule has 1 atom stereocenters. The molecule has 0 saturated carbocycles. The number of aromatic nitrogens is 2. The number of hydrogen-bond donors (Lipinski definition) is 0. The van der Waals surface area contributed by atoms with Crippen LogP contribution in [0.5, 0.6) is 0 Å². The maximum absolute atomic E-state index is 13.7. The largest absolute Gasteiger partial charge is 0.450 e. The number of anilines is 1. The summed E-state index contributed by atoms with van der Waals surface area (Å²) in [6.45, 7) is 0. The van der Waals surface area contributed by atoms with E-state index in [0.717, 1.165) is 0 Å². The second-order valence-corrected chi connectivity index (χ2v) is 8.12. The van der Waals surface area contributed by atoms with Crippen LogP contribution in [0.15, 0.2) is 76.1 Å². The Morgan fingerprint density at radius 1 is 1.03 bits per heavy atom. The number of carbonyl (C=O) groups is 1. The highest BCUT2D eigenvalue weighted by atomic mass is 32.1. The predicted molar refractivity (Wildman–Crippen MR) is 115 cm³/mol. The predicted octanol–water partition coefficient (Wildman–Crippen LogP) is 4.69. The van der Waals surface area contributed by atoms with Crippen molar-refractivity contribution in [1.82, 2.24) is 9.97 Å². The summed E-state index contributed by atoms with van der Waals surface area (Å²) >= 11 is 1.17. The number of benzene rings is 2. The minimum Gasteiger partial charge on any atom is -0.450 e. The Balaban J connectivity index is 1.64. The fourth-order valence-corrected chi connectivity index (χ4v) is 4.94. The van der Waals surface area contributed by atoms with Gasteiger partial charge in [-0.3, -0.25) is 19.5 Å². The van der Waals surface area contributed by atoms with Gasteiger partial charge in [0.2, 0.25) is 5.76 Å². The van der Waals surface area contributed by atoms with Gasteiger partial charge in [0.25, 0.3) is 5.91 Å². The first kappa shape index (κ1) is 17.9. The second-order valence-electron chi connectivity index (χ2n) is 7.11. The van der Waals surface area contributed by atoms with Gasteiger partial charge in [-0.05, 0) is 42.5 Å². The average Bonchev–Trinajstić information content (AvgIpc) is 3.33. The highest BCUT2D eigenvalue weighted by Crippen LogP contribution is 2.43. The quantitative estimate of drug-likeness (QED) is 0.407. The molecule has 4 heterocycles. The average molecular weight is 429 g/mol. The van der Waals surface area contributed by atoms with E-state index in [1.54, 1.807) is 54.7 Å². The third-order valence-corrected chi connectivity index (χ3v) is 6.31. The lowest BCUT2D eigenvalue weighted by Crippen LogP contribution is -2.29. The van der Waals surface area contributed by atoms with E-state index in [1.165, 1.54) is 28.4 Å².